The molecule has 0 N–H and O–H groups in total. The van der Waals surface area contributed by atoms with Gasteiger partial charge in [-0.25, -0.2) is 9.78 Å². The lowest BCUT2D eigenvalue weighted by molar-refractivity contribution is 0.398. The molecule has 64 valence electrons. The summed E-state index contributed by atoms with van der Waals surface area (Å²) in [6, 6.07) is 0. The Bertz CT molecular complexity index is 316. The first-order chi connectivity index (χ1) is 5.54. The molecule has 0 aromatic carbocycles. The van der Waals surface area contributed by atoms with Crippen molar-refractivity contribution >= 4 is 12.0 Å². The fourth-order valence-corrected chi connectivity index (χ4v) is 0.709. The number of nitrogens with zero attached hydrogens (tertiary/aromatic N) is 2. The molecule has 0 aliphatic carbocycles. The minimum atomic E-state index is -0.156. The van der Waals surface area contributed by atoms with E-state index in [2.05, 4.69) is 9.98 Å². The van der Waals surface area contributed by atoms with Crippen LogP contribution < -0.4 is 0 Å². The van der Waals surface area contributed by atoms with Crippen LogP contribution in [0.25, 0.3) is 0 Å². The fraction of sp³-hybridized carbons (Fsp3) is 0.500. The maximum absolute atomic E-state index is 9.85. The van der Waals surface area contributed by atoms with E-state index in [9.17, 15) is 4.79 Å². The van der Waals surface area contributed by atoms with E-state index in [0.717, 1.165) is 0 Å². The third kappa shape index (κ3) is 1.80. The second-order valence-electron chi connectivity index (χ2n) is 3.46. The summed E-state index contributed by atoms with van der Waals surface area (Å²) in [5.74, 6) is 0.770. The maximum atomic E-state index is 9.85. The third-order valence-electron chi connectivity index (χ3n) is 1.29. The number of aromatic nitrogens is 1. The number of hydrogen-bond acceptors (Lipinski definition) is 4. The van der Waals surface area contributed by atoms with E-state index in [0.29, 0.717) is 5.89 Å². The predicted octanol–water partition coefficient (Wildman–Crippen LogP) is 1.94. The molecule has 0 aliphatic rings. The quantitative estimate of drug-likeness (QED) is 0.473. The molecule has 4 nitrogen and oxygen atoms in total. The number of isocyanates is 1. The molecule has 0 bridgehead atoms. The molecule has 0 saturated heterocycles. The molecule has 12 heavy (non-hydrogen) atoms. The van der Waals surface area contributed by atoms with Crippen LogP contribution in [-0.2, 0) is 10.2 Å². The second-order valence-corrected chi connectivity index (χ2v) is 3.46. The zero-order valence-electron chi connectivity index (χ0n) is 7.29. The minimum absolute atomic E-state index is 0.156. The van der Waals surface area contributed by atoms with Gasteiger partial charge in [0, 0.05) is 5.41 Å². The Hall–Kier alpha value is -1.41. The third-order valence-corrected chi connectivity index (χ3v) is 1.29. The van der Waals surface area contributed by atoms with Crippen molar-refractivity contribution in [2.75, 3.05) is 0 Å². The summed E-state index contributed by atoms with van der Waals surface area (Å²) in [7, 11) is 0. The van der Waals surface area contributed by atoms with Gasteiger partial charge in [0.1, 0.15) is 0 Å². The number of rotatable bonds is 1. The molecule has 0 atom stereocenters. The first-order valence-corrected chi connectivity index (χ1v) is 3.58. The summed E-state index contributed by atoms with van der Waals surface area (Å²) in [5, 5.41) is 0. The maximum Gasteiger partial charge on any atom is 0.250 e. The van der Waals surface area contributed by atoms with Crippen LogP contribution in [-0.4, -0.2) is 11.1 Å². The van der Waals surface area contributed by atoms with Gasteiger partial charge in [0.05, 0.1) is 6.20 Å². The molecule has 1 aromatic rings. The standard InChI is InChI=1S/C8H10N2O2/c1-8(2,3)7-9-4-6(12-7)10-5-11/h4H,1-3H3. The van der Waals surface area contributed by atoms with Gasteiger partial charge in [0.25, 0.3) is 0 Å². The molecule has 0 spiro atoms. The van der Waals surface area contributed by atoms with Crippen LogP contribution >= 0.6 is 0 Å². The Morgan fingerprint density at radius 2 is 2.25 bits per heavy atom. The van der Waals surface area contributed by atoms with Gasteiger partial charge in [-0.15, -0.1) is 4.99 Å². The summed E-state index contributed by atoms with van der Waals surface area (Å²) < 4.78 is 5.15. The molecule has 0 fully saturated rings. The lowest BCUT2D eigenvalue weighted by atomic mass is 9.97. The highest BCUT2D eigenvalue weighted by molar-refractivity contribution is 5.41. The van der Waals surface area contributed by atoms with E-state index >= 15 is 0 Å². The zero-order valence-corrected chi connectivity index (χ0v) is 7.29. The van der Waals surface area contributed by atoms with Crippen molar-refractivity contribution in [3.8, 4) is 0 Å². The average Bonchev–Trinajstić information content (AvgIpc) is 2.35. The fourth-order valence-electron chi connectivity index (χ4n) is 0.709. The highest BCUT2D eigenvalue weighted by Crippen LogP contribution is 2.24. The molecule has 1 heterocycles. The van der Waals surface area contributed by atoms with Crippen LogP contribution in [0.5, 0.6) is 0 Å². The molecule has 1 aromatic heterocycles. The molecule has 4 heteroatoms. The van der Waals surface area contributed by atoms with Gasteiger partial charge >= 0.3 is 0 Å². The Morgan fingerprint density at radius 3 is 2.67 bits per heavy atom. The molecular weight excluding hydrogens is 156 g/mol. The number of aliphatic imine (C=N–C) groups is 1. The van der Waals surface area contributed by atoms with Crippen molar-refractivity contribution in [2.24, 2.45) is 4.99 Å². The molecule has 0 saturated carbocycles. The summed E-state index contributed by atoms with van der Waals surface area (Å²) in [6.45, 7) is 5.90. The van der Waals surface area contributed by atoms with Crippen LogP contribution in [0.4, 0.5) is 5.88 Å². The lowest BCUT2D eigenvalue weighted by Crippen LogP contribution is -2.10. The van der Waals surface area contributed by atoms with Gasteiger partial charge < -0.3 is 4.42 Å². The summed E-state index contributed by atoms with van der Waals surface area (Å²) in [5.41, 5.74) is -0.156. The van der Waals surface area contributed by atoms with Crippen molar-refractivity contribution in [3.05, 3.63) is 12.1 Å². The SMILES string of the molecule is CC(C)(C)c1ncc(N=C=O)o1. The van der Waals surface area contributed by atoms with E-state index in [1.165, 1.54) is 12.3 Å². The van der Waals surface area contributed by atoms with Crippen molar-refractivity contribution in [1.82, 2.24) is 4.98 Å². The van der Waals surface area contributed by atoms with E-state index in [1.807, 2.05) is 20.8 Å². The summed E-state index contributed by atoms with van der Waals surface area (Å²) >= 11 is 0. The highest BCUT2D eigenvalue weighted by Gasteiger charge is 2.19. The molecular formula is C8H10N2O2. The summed E-state index contributed by atoms with van der Waals surface area (Å²) in [6.07, 6.45) is 2.80. The molecule has 0 amide bonds. The summed E-state index contributed by atoms with van der Waals surface area (Å²) in [4.78, 5) is 17.1. The van der Waals surface area contributed by atoms with Gasteiger partial charge in [-0.2, -0.15) is 0 Å². The molecule has 0 aliphatic heterocycles. The Morgan fingerprint density at radius 1 is 1.58 bits per heavy atom. The van der Waals surface area contributed by atoms with Gasteiger partial charge in [0.2, 0.25) is 17.9 Å². The number of carbonyl (C=O) groups excluding carboxylic acids is 1. The molecule has 0 unspecified atom stereocenters. The smallest absolute Gasteiger partial charge is 0.250 e. The second kappa shape index (κ2) is 2.91. The monoisotopic (exact) mass is 166 g/mol. The van der Waals surface area contributed by atoms with Gasteiger partial charge in [-0.1, -0.05) is 20.8 Å². The van der Waals surface area contributed by atoms with Crippen LogP contribution in [0.2, 0.25) is 0 Å². The molecule has 0 radical (unpaired) electrons. The van der Waals surface area contributed by atoms with Crippen molar-refractivity contribution < 1.29 is 9.21 Å². The van der Waals surface area contributed by atoms with Crippen LogP contribution in [0, 0.1) is 0 Å². The molecule has 1 rings (SSSR count). The van der Waals surface area contributed by atoms with E-state index < -0.39 is 0 Å². The Balaban J connectivity index is 2.99. The first-order valence-electron chi connectivity index (χ1n) is 3.58. The first kappa shape index (κ1) is 8.68. The van der Waals surface area contributed by atoms with Crippen LogP contribution in [0.15, 0.2) is 15.6 Å². The predicted molar refractivity (Wildman–Crippen MR) is 43.0 cm³/mol. The van der Waals surface area contributed by atoms with Crippen molar-refractivity contribution in [1.29, 1.82) is 0 Å². The minimum Gasteiger partial charge on any atom is -0.422 e. The lowest BCUT2D eigenvalue weighted by Gasteiger charge is -2.11. The van der Waals surface area contributed by atoms with Crippen molar-refractivity contribution in [2.45, 2.75) is 26.2 Å². The van der Waals surface area contributed by atoms with Gasteiger partial charge in [-0.3, -0.25) is 0 Å². The van der Waals surface area contributed by atoms with E-state index in [4.69, 9.17) is 4.42 Å². The van der Waals surface area contributed by atoms with E-state index in [1.54, 1.807) is 0 Å². The Kier molecular flexibility index (Phi) is 2.11. The van der Waals surface area contributed by atoms with Gasteiger partial charge in [-0.05, 0) is 0 Å². The topological polar surface area (TPSA) is 55.5 Å². The van der Waals surface area contributed by atoms with Gasteiger partial charge in [0.15, 0.2) is 0 Å². The van der Waals surface area contributed by atoms with Crippen LogP contribution in [0.3, 0.4) is 0 Å². The normalized spacial score (nSPS) is 10.9. The van der Waals surface area contributed by atoms with E-state index in [-0.39, 0.29) is 11.3 Å². The zero-order chi connectivity index (χ0) is 9.19. The Labute approximate surface area is 70.3 Å². The number of hydrogen-bond donors (Lipinski definition) is 0. The van der Waals surface area contributed by atoms with Crippen molar-refractivity contribution in [3.63, 3.8) is 0 Å². The number of oxazole rings is 1. The highest BCUT2D eigenvalue weighted by atomic mass is 16.4. The van der Waals surface area contributed by atoms with Crippen LogP contribution in [0.1, 0.15) is 26.7 Å². The average molecular weight is 166 g/mol. The largest absolute Gasteiger partial charge is 0.422 e.